The van der Waals surface area contributed by atoms with Gasteiger partial charge in [0.1, 0.15) is 23.7 Å². The normalized spacial score (nSPS) is 25.1. The fourth-order valence-corrected chi connectivity index (χ4v) is 7.43. The summed E-state index contributed by atoms with van der Waals surface area (Å²) in [7, 11) is 3.45. The minimum absolute atomic E-state index is 0. The third-order valence-electron chi connectivity index (χ3n) is 9.23. The van der Waals surface area contributed by atoms with Gasteiger partial charge in [-0.2, -0.15) is 0 Å². The Morgan fingerprint density at radius 2 is 1.08 bits per heavy atom. The second-order valence-electron chi connectivity index (χ2n) is 12.0. The molecule has 0 saturated carbocycles. The number of likely N-dealkylation sites (N-methyl/N-ethyl adjacent to an activating group) is 2. The van der Waals surface area contributed by atoms with Crippen LogP contribution in [0.2, 0.25) is 0 Å². The number of amides is 2. The van der Waals surface area contributed by atoms with Gasteiger partial charge in [0.2, 0.25) is 0 Å². The second kappa shape index (κ2) is 12.8. The van der Waals surface area contributed by atoms with E-state index in [1.807, 2.05) is 115 Å². The molecule has 48 heavy (non-hydrogen) atoms. The van der Waals surface area contributed by atoms with Gasteiger partial charge in [0.25, 0.3) is 11.8 Å². The number of amidine groups is 1. The third kappa shape index (κ3) is 5.30. The van der Waals surface area contributed by atoms with Crippen LogP contribution in [0.1, 0.15) is 54.7 Å². The van der Waals surface area contributed by atoms with E-state index >= 15 is 0 Å². The molecule has 246 valence electrons. The Balaban J connectivity index is 0.000000164. The predicted octanol–water partition coefficient (Wildman–Crippen LogP) is 6.43. The minimum Gasteiger partial charge on any atom is -0.485 e. The van der Waals surface area contributed by atoms with Crippen molar-refractivity contribution in [2.45, 2.75) is 43.6 Å². The molecule has 10 heteroatoms. The number of fused-ring (bicyclic) bond motifs is 4. The van der Waals surface area contributed by atoms with Gasteiger partial charge >= 0.3 is 0 Å². The lowest BCUT2D eigenvalue weighted by Crippen LogP contribution is -2.43. The molecule has 4 aromatic carbocycles. The summed E-state index contributed by atoms with van der Waals surface area (Å²) in [6.07, 6.45) is 2.47. The maximum Gasteiger partial charge on any atom is 0.261 e. The van der Waals surface area contributed by atoms with Crippen LogP contribution in [-0.2, 0) is 20.7 Å². The van der Waals surface area contributed by atoms with Crippen LogP contribution in [0.4, 0.5) is 0 Å². The van der Waals surface area contributed by atoms with Gasteiger partial charge in [0.15, 0.2) is 22.2 Å². The summed E-state index contributed by atoms with van der Waals surface area (Å²) >= 11 is 1.50. The zero-order chi connectivity index (χ0) is 32.8. The first-order chi connectivity index (χ1) is 22.8. The van der Waals surface area contributed by atoms with E-state index in [2.05, 4.69) is 4.99 Å². The van der Waals surface area contributed by atoms with Crippen LogP contribution in [0.25, 0.3) is 0 Å². The van der Waals surface area contributed by atoms with Crippen molar-refractivity contribution in [2.75, 3.05) is 20.4 Å². The highest BCUT2D eigenvalue weighted by Gasteiger charge is 2.55. The minimum atomic E-state index is -0.992. The lowest BCUT2D eigenvalue weighted by Gasteiger charge is -2.36. The lowest BCUT2D eigenvalue weighted by atomic mass is 9.80. The van der Waals surface area contributed by atoms with E-state index in [-0.39, 0.29) is 37.4 Å². The number of ether oxygens (including phenoxy) is 2. The van der Waals surface area contributed by atoms with Crippen LogP contribution < -0.4 is 15.2 Å². The molecule has 4 aromatic rings. The van der Waals surface area contributed by atoms with Gasteiger partial charge < -0.3 is 15.2 Å². The average Bonchev–Trinajstić information content (AvgIpc) is 3.48. The predicted molar refractivity (Wildman–Crippen MR) is 190 cm³/mol. The van der Waals surface area contributed by atoms with Crippen molar-refractivity contribution in [3.8, 4) is 11.5 Å². The number of nitrogens with two attached hydrogens (primary N) is 1. The lowest BCUT2D eigenvalue weighted by molar-refractivity contribution is -0.133. The van der Waals surface area contributed by atoms with Gasteiger partial charge in [-0.05, 0) is 29.5 Å². The molecule has 4 aliphatic rings. The molecule has 0 aliphatic carbocycles. The average molecular weight is 662 g/mol. The summed E-state index contributed by atoms with van der Waals surface area (Å²) in [6.45, 7) is 0. The molecule has 0 fully saturated rings. The first kappa shape index (κ1) is 32.8. The Bertz CT molecular complexity index is 1900. The first-order valence-electron chi connectivity index (χ1n) is 15.4. The van der Waals surface area contributed by atoms with Crippen molar-refractivity contribution < 1.29 is 19.1 Å². The topological polar surface area (TPSA) is 110 Å². The maximum absolute atomic E-state index is 13.1. The van der Waals surface area contributed by atoms with Crippen LogP contribution in [0, 0.1) is 0 Å². The van der Waals surface area contributed by atoms with Gasteiger partial charge in [-0.1, -0.05) is 116 Å². The Morgan fingerprint density at radius 3 is 1.50 bits per heavy atom. The molecule has 4 unspecified atom stereocenters. The fraction of sp³-hybridized carbons (Fsp3) is 0.263. The highest BCUT2D eigenvalue weighted by atomic mass is 32.2. The van der Waals surface area contributed by atoms with E-state index in [0.717, 1.165) is 33.2 Å². The number of hydrogen-bond donors (Lipinski definition) is 1. The number of rotatable bonds is 2. The summed E-state index contributed by atoms with van der Waals surface area (Å²) < 4.78 is 12.4. The van der Waals surface area contributed by atoms with Crippen molar-refractivity contribution in [3.63, 3.8) is 0 Å². The molecule has 0 radical (unpaired) electrons. The van der Waals surface area contributed by atoms with Gasteiger partial charge in [-0.3, -0.25) is 19.4 Å². The summed E-state index contributed by atoms with van der Waals surface area (Å²) in [5, 5.41) is 0.753. The maximum atomic E-state index is 13.1. The zero-order valence-corrected chi connectivity index (χ0v) is 27.2. The molecule has 4 heterocycles. The standard InChI is InChI=1S/C19H18N2O2S.C18H17N3O2.CH4/c1-21-17(22)19(20-18(21)24-2)12-16(13-8-4-3-5-9-13)23-15-11-7-6-10-14(15)19;1-21-16(22)18(20-17(21)19)11-15(12-7-3-2-4-8-12)23-14-10-6-5-9-13(14)18;/h3-11,16H,12H2,1-2H3;2-10,15H,11H2,1H3,(H2,19,20);1H4. The molecular formula is C38H39N5O4S. The number of thioether (sulfide) groups is 1. The summed E-state index contributed by atoms with van der Waals surface area (Å²) in [5.41, 5.74) is 7.78. The first-order valence-corrected chi connectivity index (χ1v) is 16.7. The number of benzene rings is 4. The molecule has 2 N–H and O–H groups in total. The van der Waals surface area contributed by atoms with Crippen molar-refractivity contribution in [3.05, 3.63) is 131 Å². The molecule has 8 rings (SSSR count). The second-order valence-corrected chi connectivity index (χ2v) is 12.7. The van der Waals surface area contributed by atoms with Gasteiger partial charge in [-0.15, -0.1) is 0 Å². The van der Waals surface area contributed by atoms with Crippen LogP contribution in [0.5, 0.6) is 11.5 Å². The van der Waals surface area contributed by atoms with Crippen molar-refractivity contribution in [1.29, 1.82) is 0 Å². The Kier molecular flexibility index (Phi) is 8.78. The van der Waals surface area contributed by atoms with Crippen LogP contribution >= 0.6 is 11.8 Å². The van der Waals surface area contributed by atoms with E-state index in [4.69, 9.17) is 20.2 Å². The molecule has 0 saturated heterocycles. The molecule has 0 aromatic heterocycles. The van der Waals surface area contributed by atoms with Crippen molar-refractivity contribution in [2.24, 2.45) is 15.7 Å². The molecule has 4 aliphatic heterocycles. The number of carbonyl (C=O) groups excluding carboxylic acids is 2. The van der Waals surface area contributed by atoms with E-state index in [0.29, 0.717) is 18.6 Å². The number of carbonyl (C=O) groups is 2. The number of guanidine groups is 1. The largest absolute Gasteiger partial charge is 0.485 e. The SMILES string of the molecule is C.CN1C(=O)C2(CC(c3ccccc3)Oc3ccccc32)N=C1N.CSC1=NC2(CC(c3ccccc3)Oc3ccccc32)C(=O)N1C. The molecule has 9 nitrogen and oxygen atoms in total. The molecule has 4 atom stereocenters. The van der Waals surface area contributed by atoms with E-state index in [1.165, 1.54) is 16.7 Å². The zero-order valence-electron chi connectivity index (χ0n) is 26.4. The highest BCUT2D eigenvalue weighted by molar-refractivity contribution is 8.13. The molecule has 2 spiro atoms. The fourth-order valence-electron chi connectivity index (χ4n) is 6.83. The Hall–Kier alpha value is -5.09. The van der Waals surface area contributed by atoms with Crippen molar-refractivity contribution in [1.82, 2.24) is 9.80 Å². The molecule has 2 amide bonds. The quantitative estimate of drug-likeness (QED) is 0.265. The summed E-state index contributed by atoms with van der Waals surface area (Å²) in [4.78, 5) is 38.5. The number of hydrogen-bond acceptors (Lipinski definition) is 8. The summed E-state index contributed by atoms with van der Waals surface area (Å²) in [5.74, 6) is 1.59. The number of para-hydroxylation sites is 2. The van der Waals surface area contributed by atoms with Gasteiger partial charge in [0.05, 0.1) is 0 Å². The summed E-state index contributed by atoms with van der Waals surface area (Å²) in [6, 6.07) is 35.2. The Morgan fingerprint density at radius 1 is 0.667 bits per heavy atom. The Labute approximate surface area is 285 Å². The van der Waals surface area contributed by atoms with Crippen LogP contribution in [0.3, 0.4) is 0 Å². The monoisotopic (exact) mass is 661 g/mol. The molecule has 0 bridgehead atoms. The highest BCUT2D eigenvalue weighted by Crippen LogP contribution is 2.51. The van der Waals surface area contributed by atoms with Crippen molar-refractivity contribution >= 4 is 34.7 Å². The van der Waals surface area contributed by atoms with Gasteiger partial charge in [0, 0.05) is 38.1 Å². The number of nitrogens with zero attached hydrogens (tertiary/aromatic N) is 4. The van der Waals surface area contributed by atoms with E-state index < -0.39 is 11.1 Å². The van der Waals surface area contributed by atoms with Gasteiger partial charge in [-0.25, -0.2) is 9.98 Å². The van der Waals surface area contributed by atoms with E-state index in [9.17, 15) is 9.59 Å². The molecular weight excluding hydrogens is 623 g/mol. The van der Waals surface area contributed by atoms with Crippen LogP contribution in [0.15, 0.2) is 119 Å². The number of aliphatic imine (C=N–C) groups is 2. The smallest absolute Gasteiger partial charge is 0.261 e. The van der Waals surface area contributed by atoms with E-state index in [1.54, 1.807) is 19.0 Å². The van der Waals surface area contributed by atoms with Crippen LogP contribution in [-0.4, -0.2) is 53.1 Å². The third-order valence-corrected chi connectivity index (χ3v) is 9.96.